The summed E-state index contributed by atoms with van der Waals surface area (Å²) in [5.41, 5.74) is 2.84. The van der Waals surface area contributed by atoms with Crippen LogP contribution in [-0.4, -0.2) is 17.5 Å². The Balaban J connectivity index is 2.40. The van der Waals surface area contributed by atoms with Crippen molar-refractivity contribution < 1.29 is 0 Å². The monoisotopic (exact) mass is 250 g/mol. The van der Waals surface area contributed by atoms with E-state index >= 15 is 0 Å². The van der Waals surface area contributed by atoms with Crippen molar-refractivity contribution in [2.75, 3.05) is 11.5 Å². The van der Waals surface area contributed by atoms with Gasteiger partial charge < -0.3 is 0 Å². The molecule has 3 N–H and O–H groups in total. The Morgan fingerprint density at radius 2 is 2.43 bits per heavy atom. The Morgan fingerprint density at radius 1 is 1.64 bits per heavy atom. The molecule has 0 saturated heterocycles. The molecule has 0 radical (unpaired) electrons. The lowest BCUT2D eigenvalue weighted by atomic mass is 10.2. The highest BCUT2D eigenvalue weighted by molar-refractivity contribution is 7.99. The maximum Gasteiger partial charge on any atom is 0.0931 e. The molecule has 1 rings (SSSR count). The van der Waals surface area contributed by atoms with Crippen LogP contribution in [0.5, 0.6) is 0 Å². The summed E-state index contributed by atoms with van der Waals surface area (Å²) in [5, 5.41) is 0. The second-order valence-electron chi connectivity index (χ2n) is 2.93. The number of hydrogen-bond acceptors (Lipinski definition) is 4. The number of thiophene rings is 1. The average molecular weight is 251 g/mol. The Kier molecular flexibility index (Phi) is 5.89. The van der Waals surface area contributed by atoms with Crippen LogP contribution in [-0.2, 0) is 6.42 Å². The zero-order chi connectivity index (χ0) is 10.4. The molecule has 14 heavy (non-hydrogen) atoms. The lowest BCUT2D eigenvalue weighted by Gasteiger charge is -2.13. The van der Waals surface area contributed by atoms with Crippen LogP contribution < -0.4 is 11.3 Å². The van der Waals surface area contributed by atoms with E-state index in [4.69, 9.17) is 17.4 Å². The minimum atomic E-state index is 0.342. The Morgan fingerprint density at radius 3 is 2.93 bits per heavy atom. The van der Waals surface area contributed by atoms with Gasteiger partial charge in [-0.1, -0.05) is 18.5 Å². The molecule has 0 aliphatic heterocycles. The third-order valence-corrected chi connectivity index (χ3v) is 4.14. The molecule has 5 heteroatoms. The summed E-state index contributed by atoms with van der Waals surface area (Å²) in [5.74, 6) is 7.65. The summed E-state index contributed by atoms with van der Waals surface area (Å²) in [7, 11) is 0. The highest BCUT2D eigenvalue weighted by atomic mass is 35.5. The fraction of sp³-hybridized carbons (Fsp3) is 0.556. The molecule has 0 amide bonds. The van der Waals surface area contributed by atoms with Crippen molar-refractivity contribution in [3.63, 3.8) is 0 Å². The largest absolute Gasteiger partial charge is 0.271 e. The molecule has 1 heterocycles. The van der Waals surface area contributed by atoms with Gasteiger partial charge in [0.15, 0.2) is 0 Å². The SMILES string of the molecule is CCSCC(Cc1ccc(Cl)s1)NN. The minimum absolute atomic E-state index is 0.342. The van der Waals surface area contributed by atoms with E-state index in [-0.39, 0.29) is 0 Å². The maximum atomic E-state index is 5.85. The lowest BCUT2D eigenvalue weighted by molar-refractivity contribution is 0.579. The van der Waals surface area contributed by atoms with Gasteiger partial charge in [0.2, 0.25) is 0 Å². The van der Waals surface area contributed by atoms with Gasteiger partial charge in [0.1, 0.15) is 0 Å². The Bertz CT molecular complexity index is 265. The van der Waals surface area contributed by atoms with Crippen LogP contribution in [0, 0.1) is 0 Å². The fourth-order valence-corrected chi connectivity index (χ4v) is 3.03. The summed E-state index contributed by atoms with van der Waals surface area (Å²) < 4.78 is 0.846. The molecule has 0 bridgehead atoms. The number of nitrogens with one attached hydrogen (secondary N) is 1. The van der Waals surface area contributed by atoms with Gasteiger partial charge in [-0.05, 0) is 24.3 Å². The normalized spacial score (nSPS) is 13.1. The van der Waals surface area contributed by atoms with Gasteiger partial charge in [0.05, 0.1) is 4.34 Å². The Hall–Kier alpha value is 0.260. The summed E-state index contributed by atoms with van der Waals surface area (Å²) in [6.07, 6.45) is 0.959. The summed E-state index contributed by atoms with van der Waals surface area (Å²) >= 11 is 9.37. The third-order valence-electron chi connectivity index (χ3n) is 1.84. The molecule has 1 atom stereocenters. The van der Waals surface area contributed by atoms with E-state index in [1.165, 1.54) is 4.88 Å². The van der Waals surface area contributed by atoms with Crippen molar-refractivity contribution in [1.29, 1.82) is 0 Å². The van der Waals surface area contributed by atoms with Crippen LogP contribution in [0.1, 0.15) is 11.8 Å². The molecule has 1 aromatic rings. The van der Waals surface area contributed by atoms with E-state index in [1.807, 2.05) is 17.8 Å². The van der Waals surface area contributed by atoms with E-state index in [1.54, 1.807) is 11.3 Å². The summed E-state index contributed by atoms with van der Waals surface area (Å²) in [6, 6.07) is 4.34. The van der Waals surface area contributed by atoms with Crippen LogP contribution in [0.25, 0.3) is 0 Å². The minimum Gasteiger partial charge on any atom is -0.271 e. The molecule has 2 nitrogen and oxygen atoms in total. The van der Waals surface area contributed by atoms with Crippen molar-refractivity contribution in [2.45, 2.75) is 19.4 Å². The number of hydrogen-bond donors (Lipinski definition) is 2. The Labute approximate surface area is 98.2 Å². The lowest BCUT2D eigenvalue weighted by Crippen LogP contribution is -2.38. The van der Waals surface area contributed by atoms with Gasteiger partial charge >= 0.3 is 0 Å². The van der Waals surface area contributed by atoms with Crippen LogP contribution in [0.3, 0.4) is 0 Å². The van der Waals surface area contributed by atoms with Gasteiger partial charge in [-0.25, -0.2) is 0 Å². The van der Waals surface area contributed by atoms with Crippen molar-refractivity contribution in [3.8, 4) is 0 Å². The maximum absolute atomic E-state index is 5.85. The third kappa shape index (κ3) is 4.19. The van der Waals surface area contributed by atoms with Crippen molar-refractivity contribution in [2.24, 2.45) is 5.84 Å². The smallest absolute Gasteiger partial charge is 0.0931 e. The second kappa shape index (κ2) is 6.69. The van der Waals surface area contributed by atoms with Gasteiger partial charge in [-0.2, -0.15) is 11.8 Å². The summed E-state index contributed by atoms with van der Waals surface area (Å²) in [6.45, 7) is 2.15. The predicted molar refractivity (Wildman–Crippen MR) is 67.1 cm³/mol. The molecule has 0 fully saturated rings. The quantitative estimate of drug-likeness (QED) is 0.602. The first kappa shape index (κ1) is 12.3. The van der Waals surface area contributed by atoms with E-state index in [9.17, 15) is 0 Å². The molecule has 0 spiro atoms. The molecule has 80 valence electrons. The summed E-state index contributed by atoms with van der Waals surface area (Å²) in [4.78, 5) is 1.29. The molecule has 0 aliphatic carbocycles. The number of nitrogens with two attached hydrogens (primary N) is 1. The predicted octanol–water partition coefficient (Wildman–Crippen LogP) is 2.53. The average Bonchev–Trinajstić information content (AvgIpc) is 2.58. The number of hydrazine groups is 1. The number of thioether (sulfide) groups is 1. The van der Waals surface area contributed by atoms with Gasteiger partial charge in [-0.3, -0.25) is 11.3 Å². The van der Waals surface area contributed by atoms with E-state index < -0.39 is 0 Å². The van der Waals surface area contributed by atoms with Gasteiger partial charge in [0, 0.05) is 16.7 Å². The van der Waals surface area contributed by atoms with E-state index in [0.29, 0.717) is 6.04 Å². The van der Waals surface area contributed by atoms with E-state index in [2.05, 4.69) is 18.4 Å². The second-order valence-corrected chi connectivity index (χ2v) is 6.05. The fourth-order valence-electron chi connectivity index (χ4n) is 1.13. The number of halogens is 1. The zero-order valence-electron chi connectivity index (χ0n) is 8.13. The molecular formula is C9H15ClN2S2. The van der Waals surface area contributed by atoms with Crippen LogP contribution in [0.2, 0.25) is 4.34 Å². The van der Waals surface area contributed by atoms with Crippen molar-refractivity contribution in [1.82, 2.24) is 5.43 Å². The molecular weight excluding hydrogens is 236 g/mol. The molecule has 0 saturated carbocycles. The van der Waals surface area contributed by atoms with Crippen LogP contribution >= 0.6 is 34.7 Å². The van der Waals surface area contributed by atoms with Gasteiger partial charge in [0.25, 0.3) is 0 Å². The molecule has 1 unspecified atom stereocenters. The topological polar surface area (TPSA) is 38.0 Å². The first-order valence-electron chi connectivity index (χ1n) is 4.54. The standard InChI is InChI=1S/C9H15ClN2S2/c1-2-13-6-7(12-11)5-8-3-4-9(10)14-8/h3-4,7,12H,2,5-6,11H2,1H3. The molecule has 0 aliphatic rings. The van der Waals surface area contributed by atoms with Crippen molar-refractivity contribution in [3.05, 3.63) is 21.3 Å². The highest BCUT2D eigenvalue weighted by Crippen LogP contribution is 2.22. The van der Waals surface area contributed by atoms with Crippen LogP contribution in [0.15, 0.2) is 12.1 Å². The number of rotatable bonds is 6. The molecule has 0 aromatic carbocycles. The van der Waals surface area contributed by atoms with Gasteiger partial charge in [-0.15, -0.1) is 11.3 Å². The van der Waals surface area contributed by atoms with E-state index in [0.717, 1.165) is 22.3 Å². The highest BCUT2D eigenvalue weighted by Gasteiger charge is 2.08. The first-order valence-corrected chi connectivity index (χ1v) is 6.89. The molecule has 1 aromatic heterocycles. The first-order chi connectivity index (χ1) is 6.76. The zero-order valence-corrected chi connectivity index (χ0v) is 10.5. The van der Waals surface area contributed by atoms with Crippen LogP contribution in [0.4, 0.5) is 0 Å². The van der Waals surface area contributed by atoms with Crippen molar-refractivity contribution >= 4 is 34.7 Å².